The van der Waals surface area contributed by atoms with E-state index in [1.165, 1.54) is 4.90 Å². The number of nitrogens with one attached hydrogen (secondary N) is 2. The average Bonchev–Trinajstić information content (AvgIpc) is 2.31. The van der Waals surface area contributed by atoms with E-state index in [0.29, 0.717) is 16.3 Å². The summed E-state index contributed by atoms with van der Waals surface area (Å²) >= 11 is 5.96. The van der Waals surface area contributed by atoms with Crippen molar-refractivity contribution in [2.45, 2.75) is 0 Å². The molecule has 0 saturated heterocycles. The zero-order chi connectivity index (χ0) is 13.7. The molecule has 0 saturated carbocycles. The Hall–Kier alpha value is -1.59. The Balaban J connectivity index is 2.94. The number of nitrogens with zero attached hydrogens (tertiary/aromatic N) is 1. The largest absolute Gasteiger partial charge is 0.345 e. The van der Waals surface area contributed by atoms with Crippen LogP contribution in [0.2, 0.25) is 5.02 Å². The summed E-state index contributed by atoms with van der Waals surface area (Å²) in [6.45, 7) is 0.183. The molecule has 1 aromatic carbocycles. The van der Waals surface area contributed by atoms with Crippen LogP contribution in [0, 0.1) is 0 Å². The van der Waals surface area contributed by atoms with Crippen molar-refractivity contribution in [1.29, 1.82) is 0 Å². The smallest absolute Gasteiger partial charge is 0.253 e. The molecule has 2 N–H and O–H groups in total. The summed E-state index contributed by atoms with van der Waals surface area (Å²) in [5.74, 6) is -0.357. The SMILES string of the molecule is CNCC(=O)Nc1cc(C(=O)N(C)C)ccc1Cl. The van der Waals surface area contributed by atoms with Crippen LogP contribution in [0.25, 0.3) is 0 Å². The molecular weight excluding hydrogens is 254 g/mol. The number of hydrogen-bond donors (Lipinski definition) is 2. The third kappa shape index (κ3) is 3.72. The van der Waals surface area contributed by atoms with Gasteiger partial charge in [-0.3, -0.25) is 9.59 Å². The maximum absolute atomic E-state index is 11.8. The van der Waals surface area contributed by atoms with Crippen LogP contribution in [0.4, 0.5) is 5.69 Å². The first-order valence-electron chi connectivity index (χ1n) is 5.41. The fraction of sp³-hybridized carbons (Fsp3) is 0.333. The minimum atomic E-state index is -0.214. The molecule has 0 fully saturated rings. The number of amides is 2. The topological polar surface area (TPSA) is 61.4 Å². The minimum Gasteiger partial charge on any atom is -0.345 e. The number of likely N-dealkylation sites (N-methyl/N-ethyl adjacent to an activating group) is 1. The summed E-state index contributed by atoms with van der Waals surface area (Å²) in [5, 5.41) is 5.77. The van der Waals surface area contributed by atoms with Gasteiger partial charge in [0.2, 0.25) is 5.91 Å². The van der Waals surface area contributed by atoms with Gasteiger partial charge in [-0.15, -0.1) is 0 Å². The average molecular weight is 270 g/mol. The van der Waals surface area contributed by atoms with Gasteiger partial charge in [-0.1, -0.05) is 11.6 Å². The molecule has 1 rings (SSSR count). The van der Waals surface area contributed by atoms with Gasteiger partial charge >= 0.3 is 0 Å². The highest BCUT2D eigenvalue weighted by Gasteiger charge is 2.12. The molecular formula is C12H16ClN3O2. The summed E-state index contributed by atoms with van der Waals surface area (Å²) in [7, 11) is 5.00. The first-order chi connectivity index (χ1) is 8.45. The first kappa shape index (κ1) is 14.5. The third-order valence-corrected chi connectivity index (χ3v) is 2.56. The van der Waals surface area contributed by atoms with Crippen molar-refractivity contribution in [3.05, 3.63) is 28.8 Å². The van der Waals surface area contributed by atoms with Gasteiger partial charge in [0.15, 0.2) is 0 Å². The lowest BCUT2D eigenvalue weighted by Crippen LogP contribution is -2.26. The third-order valence-electron chi connectivity index (χ3n) is 2.23. The lowest BCUT2D eigenvalue weighted by atomic mass is 10.2. The Labute approximate surface area is 111 Å². The minimum absolute atomic E-state index is 0.143. The number of benzene rings is 1. The van der Waals surface area contributed by atoms with Gasteiger partial charge in [0, 0.05) is 19.7 Å². The van der Waals surface area contributed by atoms with Gasteiger partial charge in [-0.2, -0.15) is 0 Å². The van der Waals surface area contributed by atoms with E-state index in [1.807, 2.05) is 0 Å². The molecule has 0 spiro atoms. The number of rotatable bonds is 4. The maximum atomic E-state index is 11.8. The van der Waals surface area contributed by atoms with E-state index < -0.39 is 0 Å². The van der Waals surface area contributed by atoms with Crippen molar-refractivity contribution in [1.82, 2.24) is 10.2 Å². The van der Waals surface area contributed by atoms with E-state index in [1.54, 1.807) is 39.3 Å². The lowest BCUT2D eigenvalue weighted by Gasteiger charge is -2.12. The van der Waals surface area contributed by atoms with Gasteiger partial charge in [0.05, 0.1) is 17.3 Å². The van der Waals surface area contributed by atoms with E-state index in [-0.39, 0.29) is 18.4 Å². The molecule has 0 aromatic heterocycles. The molecule has 5 nitrogen and oxygen atoms in total. The highest BCUT2D eigenvalue weighted by atomic mass is 35.5. The van der Waals surface area contributed by atoms with Crippen LogP contribution < -0.4 is 10.6 Å². The molecule has 18 heavy (non-hydrogen) atoms. The van der Waals surface area contributed by atoms with E-state index in [0.717, 1.165) is 0 Å². The lowest BCUT2D eigenvalue weighted by molar-refractivity contribution is -0.115. The summed E-state index contributed by atoms with van der Waals surface area (Å²) < 4.78 is 0. The van der Waals surface area contributed by atoms with E-state index in [9.17, 15) is 9.59 Å². The van der Waals surface area contributed by atoms with E-state index >= 15 is 0 Å². The van der Waals surface area contributed by atoms with Crippen molar-refractivity contribution in [2.24, 2.45) is 0 Å². The van der Waals surface area contributed by atoms with Crippen LogP contribution in [0.5, 0.6) is 0 Å². The van der Waals surface area contributed by atoms with Crippen molar-refractivity contribution in [3.8, 4) is 0 Å². The molecule has 0 aliphatic carbocycles. The van der Waals surface area contributed by atoms with E-state index in [2.05, 4.69) is 10.6 Å². The summed E-state index contributed by atoms with van der Waals surface area (Å²) in [4.78, 5) is 24.7. The molecule has 0 bridgehead atoms. The van der Waals surface area contributed by atoms with Gasteiger partial charge in [-0.25, -0.2) is 0 Å². The quantitative estimate of drug-likeness (QED) is 0.863. The number of hydrogen-bond acceptors (Lipinski definition) is 3. The predicted molar refractivity (Wildman–Crippen MR) is 72.0 cm³/mol. The van der Waals surface area contributed by atoms with Gasteiger partial charge in [-0.05, 0) is 25.2 Å². The number of carbonyl (C=O) groups excluding carboxylic acids is 2. The van der Waals surface area contributed by atoms with Crippen molar-refractivity contribution < 1.29 is 9.59 Å². The molecule has 0 atom stereocenters. The van der Waals surface area contributed by atoms with Crippen molar-refractivity contribution in [3.63, 3.8) is 0 Å². The second-order valence-electron chi connectivity index (χ2n) is 3.97. The van der Waals surface area contributed by atoms with Crippen LogP contribution in [-0.2, 0) is 4.79 Å². The molecule has 0 aliphatic heterocycles. The Kier molecular flexibility index (Phi) is 5.12. The highest BCUT2D eigenvalue weighted by molar-refractivity contribution is 6.33. The number of carbonyl (C=O) groups is 2. The molecule has 98 valence electrons. The van der Waals surface area contributed by atoms with Crippen LogP contribution in [-0.4, -0.2) is 44.4 Å². The summed E-state index contributed by atoms with van der Waals surface area (Å²) in [6, 6.07) is 4.78. The standard InChI is InChI=1S/C12H16ClN3O2/c1-14-7-11(17)15-10-6-8(4-5-9(10)13)12(18)16(2)3/h4-6,14H,7H2,1-3H3,(H,15,17). The monoisotopic (exact) mass is 269 g/mol. The molecule has 6 heteroatoms. The van der Waals surface area contributed by atoms with Crippen LogP contribution in [0.3, 0.4) is 0 Å². The predicted octanol–water partition coefficient (Wildman–Crippen LogP) is 1.20. The van der Waals surface area contributed by atoms with Gasteiger partial charge < -0.3 is 15.5 Å². The van der Waals surface area contributed by atoms with Crippen LogP contribution >= 0.6 is 11.6 Å². The van der Waals surface area contributed by atoms with Crippen molar-refractivity contribution in [2.75, 3.05) is 33.0 Å². The summed E-state index contributed by atoms with van der Waals surface area (Å²) in [6.07, 6.45) is 0. The van der Waals surface area contributed by atoms with Crippen LogP contribution in [0.1, 0.15) is 10.4 Å². The number of anilines is 1. The fourth-order valence-electron chi connectivity index (χ4n) is 1.37. The van der Waals surface area contributed by atoms with Gasteiger partial charge in [0.25, 0.3) is 5.91 Å². The molecule has 2 amide bonds. The Morgan fingerprint density at radius 3 is 2.56 bits per heavy atom. The summed E-state index contributed by atoms with van der Waals surface area (Å²) in [5.41, 5.74) is 0.911. The van der Waals surface area contributed by atoms with Gasteiger partial charge in [0.1, 0.15) is 0 Å². The molecule has 1 aromatic rings. The highest BCUT2D eigenvalue weighted by Crippen LogP contribution is 2.23. The second-order valence-corrected chi connectivity index (χ2v) is 4.38. The fourth-order valence-corrected chi connectivity index (χ4v) is 1.53. The first-order valence-corrected chi connectivity index (χ1v) is 5.79. The van der Waals surface area contributed by atoms with E-state index in [4.69, 9.17) is 11.6 Å². The van der Waals surface area contributed by atoms with Crippen molar-refractivity contribution >= 4 is 29.1 Å². The molecule has 0 aliphatic rings. The second kappa shape index (κ2) is 6.37. The maximum Gasteiger partial charge on any atom is 0.253 e. The Morgan fingerprint density at radius 1 is 1.33 bits per heavy atom. The zero-order valence-corrected chi connectivity index (χ0v) is 11.3. The zero-order valence-electron chi connectivity index (χ0n) is 10.6. The molecule has 0 heterocycles. The normalized spacial score (nSPS) is 10.0. The number of halogens is 1. The Bertz CT molecular complexity index is 461. The molecule has 0 radical (unpaired) electrons. The molecule has 0 unspecified atom stereocenters. The Morgan fingerprint density at radius 2 is 2.00 bits per heavy atom. The van der Waals surface area contributed by atoms with Crippen LogP contribution in [0.15, 0.2) is 18.2 Å².